The van der Waals surface area contributed by atoms with Crippen LogP contribution in [-0.2, 0) is 33.0 Å². The SMILES string of the molecule is O=C(O)C(O)C(O)C(O)C(O)CNC1CCN(C(=O)CCCCc2cc(Cl)c(COC3(c4cnccc4-c4ccccc4OC4CC4)CC3)cc2Cl)CC1. The first kappa shape index (κ1) is 40.3. The first-order chi connectivity index (χ1) is 26.0. The lowest BCUT2D eigenvalue weighted by molar-refractivity contribution is -0.162. The number of carbonyl (C=O) groups excluding carboxylic acids is 1. The molecular weight excluding hydrogens is 737 g/mol. The number of carboxylic acids is 1. The Bertz CT molecular complexity index is 1760. The summed E-state index contributed by atoms with van der Waals surface area (Å²) in [5, 5.41) is 52.3. The Labute approximate surface area is 325 Å². The van der Waals surface area contributed by atoms with Gasteiger partial charge < -0.3 is 45.2 Å². The summed E-state index contributed by atoms with van der Waals surface area (Å²) in [5.41, 5.74) is 4.41. The second-order valence-electron chi connectivity index (χ2n) is 14.7. The fourth-order valence-electron chi connectivity index (χ4n) is 6.95. The zero-order chi connectivity index (χ0) is 38.4. The summed E-state index contributed by atoms with van der Waals surface area (Å²) in [4.78, 5) is 30.0. The third-order valence-corrected chi connectivity index (χ3v) is 11.3. The van der Waals surface area contributed by atoms with Gasteiger partial charge in [0.1, 0.15) is 18.0 Å². The molecule has 6 N–H and O–H groups in total. The van der Waals surface area contributed by atoms with Gasteiger partial charge in [0.05, 0.1) is 24.4 Å². The lowest BCUT2D eigenvalue weighted by Crippen LogP contribution is -2.52. The van der Waals surface area contributed by atoms with E-state index in [2.05, 4.69) is 16.4 Å². The maximum absolute atomic E-state index is 12.9. The van der Waals surface area contributed by atoms with Gasteiger partial charge >= 0.3 is 5.97 Å². The van der Waals surface area contributed by atoms with E-state index in [1.807, 2.05) is 47.5 Å². The summed E-state index contributed by atoms with van der Waals surface area (Å²) in [6.07, 6.45) is 4.14. The summed E-state index contributed by atoms with van der Waals surface area (Å²) in [6, 6.07) is 13.9. The second kappa shape index (κ2) is 18.1. The number of likely N-dealkylation sites (tertiary alicyclic amines) is 1. The number of hydrogen-bond donors (Lipinski definition) is 6. The van der Waals surface area contributed by atoms with Crippen molar-refractivity contribution >= 4 is 35.1 Å². The first-order valence-electron chi connectivity index (χ1n) is 18.7. The van der Waals surface area contributed by atoms with E-state index < -0.39 is 36.0 Å². The van der Waals surface area contributed by atoms with Crippen LogP contribution in [0.2, 0.25) is 10.0 Å². The van der Waals surface area contributed by atoms with Crippen LogP contribution in [-0.4, -0.2) is 103 Å². The molecule has 2 aromatic carbocycles. The lowest BCUT2D eigenvalue weighted by Gasteiger charge is -2.33. The summed E-state index contributed by atoms with van der Waals surface area (Å²) < 4.78 is 12.8. The molecule has 14 heteroatoms. The zero-order valence-corrected chi connectivity index (χ0v) is 31.6. The Morgan fingerprint density at radius 3 is 2.33 bits per heavy atom. The number of hydrogen-bond acceptors (Lipinski definition) is 10. The molecule has 54 heavy (non-hydrogen) atoms. The molecule has 1 aliphatic heterocycles. The molecule has 1 saturated heterocycles. The topological polar surface area (TPSA) is 182 Å². The Hall–Kier alpha value is -3.33. The van der Waals surface area contributed by atoms with Crippen LogP contribution in [0.1, 0.15) is 74.5 Å². The van der Waals surface area contributed by atoms with Gasteiger partial charge in [-0.2, -0.15) is 0 Å². The van der Waals surface area contributed by atoms with E-state index >= 15 is 0 Å². The van der Waals surface area contributed by atoms with Crippen molar-refractivity contribution in [1.82, 2.24) is 15.2 Å². The van der Waals surface area contributed by atoms with Gasteiger partial charge in [0.25, 0.3) is 0 Å². The van der Waals surface area contributed by atoms with Crippen LogP contribution in [0, 0.1) is 0 Å². The molecule has 3 aromatic rings. The minimum absolute atomic E-state index is 0.0328. The van der Waals surface area contributed by atoms with Gasteiger partial charge in [0.15, 0.2) is 6.10 Å². The Morgan fingerprint density at radius 2 is 1.63 bits per heavy atom. The van der Waals surface area contributed by atoms with E-state index in [4.69, 9.17) is 37.8 Å². The number of rotatable bonds is 19. The molecule has 6 rings (SSSR count). The molecule has 0 spiro atoms. The van der Waals surface area contributed by atoms with Gasteiger partial charge in [-0.25, -0.2) is 4.79 Å². The fourth-order valence-corrected chi connectivity index (χ4v) is 7.48. The van der Waals surface area contributed by atoms with Gasteiger partial charge in [0, 0.05) is 65.7 Å². The van der Waals surface area contributed by atoms with Crippen molar-refractivity contribution in [2.24, 2.45) is 0 Å². The monoisotopic (exact) mass is 785 g/mol. The molecule has 0 bridgehead atoms. The predicted octanol–water partition coefficient (Wildman–Crippen LogP) is 4.62. The number of nitrogens with zero attached hydrogens (tertiary/aromatic N) is 2. The summed E-state index contributed by atoms with van der Waals surface area (Å²) in [6.45, 7) is 1.26. The number of carbonyl (C=O) groups is 2. The van der Waals surface area contributed by atoms with Crippen LogP contribution in [0.5, 0.6) is 5.75 Å². The van der Waals surface area contributed by atoms with Crippen molar-refractivity contribution in [2.45, 2.75) is 113 Å². The van der Waals surface area contributed by atoms with E-state index in [1.165, 1.54) is 0 Å². The number of aryl methyl sites for hydroxylation is 1. The minimum atomic E-state index is -2.21. The van der Waals surface area contributed by atoms with E-state index in [-0.39, 0.29) is 24.6 Å². The number of aliphatic carboxylic acids is 1. The molecule has 292 valence electrons. The average Bonchev–Trinajstić information content (AvgIpc) is 4.13. The molecule has 0 radical (unpaired) electrons. The van der Waals surface area contributed by atoms with Crippen LogP contribution >= 0.6 is 23.2 Å². The molecule has 3 aliphatic rings. The molecular formula is C40H49Cl2N3O9. The molecule has 2 heterocycles. The molecule has 2 aliphatic carbocycles. The average molecular weight is 787 g/mol. The highest BCUT2D eigenvalue weighted by atomic mass is 35.5. The predicted molar refractivity (Wildman–Crippen MR) is 202 cm³/mol. The summed E-state index contributed by atoms with van der Waals surface area (Å²) >= 11 is 13.5. The number of pyridine rings is 1. The van der Waals surface area contributed by atoms with E-state index in [9.17, 15) is 30.0 Å². The molecule has 1 amide bonds. The van der Waals surface area contributed by atoms with Crippen LogP contribution in [0.4, 0.5) is 0 Å². The van der Waals surface area contributed by atoms with Gasteiger partial charge in [0.2, 0.25) is 5.91 Å². The van der Waals surface area contributed by atoms with E-state index in [0.29, 0.717) is 61.8 Å². The second-order valence-corrected chi connectivity index (χ2v) is 15.5. The number of halogens is 2. The van der Waals surface area contributed by atoms with Crippen molar-refractivity contribution in [2.75, 3.05) is 19.6 Å². The number of aliphatic hydroxyl groups is 4. The van der Waals surface area contributed by atoms with Crippen LogP contribution in [0.15, 0.2) is 54.9 Å². The van der Waals surface area contributed by atoms with Crippen LogP contribution < -0.4 is 10.1 Å². The van der Waals surface area contributed by atoms with Crippen molar-refractivity contribution in [3.8, 4) is 16.9 Å². The maximum Gasteiger partial charge on any atom is 0.335 e. The first-order valence-corrected chi connectivity index (χ1v) is 19.5. The summed E-state index contributed by atoms with van der Waals surface area (Å²) in [7, 11) is 0. The maximum atomic E-state index is 12.9. The number of unbranched alkanes of at least 4 members (excludes halogenated alkanes) is 1. The van der Waals surface area contributed by atoms with Crippen LogP contribution in [0.25, 0.3) is 11.1 Å². The number of aromatic nitrogens is 1. The normalized spacial score (nSPS) is 19.2. The number of piperidine rings is 1. The molecule has 4 atom stereocenters. The van der Waals surface area contributed by atoms with Crippen molar-refractivity contribution in [3.63, 3.8) is 0 Å². The highest BCUT2D eigenvalue weighted by Crippen LogP contribution is 2.53. The Kier molecular flexibility index (Phi) is 13.5. The minimum Gasteiger partial charge on any atom is -0.490 e. The number of para-hydroxylation sites is 1. The number of aliphatic hydroxyl groups excluding tert-OH is 4. The quantitative estimate of drug-likeness (QED) is 0.0934. The third kappa shape index (κ3) is 10.1. The van der Waals surface area contributed by atoms with Crippen molar-refractivity contribution < 1.29 is 44.6 Å². The number of nitrogens with one attached hydrogen (secondary N) is 1. The fraction of sp³-hybridized carbons (Fsp3) is 0.525. The number of carboxylic acid groups (broad SMARTS) is 1. The van der Waals surface area contributed by atoms with Gasteiger partial charge in [-0.05, 0) is 98.7 Å². The third-order valence-electron chi connectivity index (χ3n) is 10.6. The van der Waals surface area contributed by atoms with Crippen molar-refractivity contribution in [3.05, 3.63) is 81.6 Å². The molecule has 12 nitrogen and oxygen atoms in total. The Balaban J connectivity index is 0.935. The van der Waals surface area contributed by atoms with Crippen LogP contribution in [0.3, 0.4) is 0 Å². The van der Waals surface area contributed by atoms with Crippen molar-refractivity contribution in [1.29, 1.82) is 0 Å². The standard InChI is InChI=1S/C40H49Cl2N3O9/c41-31-20-25(23-53-40(14-15-40)30-21-43-16-11-28(30)29-6-2-3-7-34(29)54-27-9-10-27)32(42)19-24(31)5-1-4-8-35(47)45-17-12-26(13-18-45)44-22-33(46)36(48)37(49)38(50)39(51)52/h2-3,6-7,11,16,19-21,26-27,33,36-38,44,46,48-50H,1,4-5,8-10,12-15,17-18,22-23H2,(H,51,52). The zero-order valence-electron chi connectivity index (χ0n) is 30.1. The molecule has 4 unspecified atom stereocenters. The summed E-state index contributed by atoms with van der Waals surface area (Å²) in [5.74, 6) is -0.752. The smallest absolute Gasteiger partial charge is 0.335 e. The van der Waals surface area contributed by atoms with E-state index in [0.717, 1.165) is 65.7 Å². The lowest BCUT2D eigenvalue weighted by atomic mass is 9.96. The molecule has 3 fully saturated rings. The number of amides is 1. The molecule has 2 saturated carbocycles. The Morgan fingerprint density at radius 1 is 0.926 bits per heavy atom. The molecule has 1 aromatic heterocycles. The van der Waals surface area contributed by atoms with Gasteiger partial charge in [-0.3, -0.25) is 9.78 Å². The number of benzene rings is 2. The van der Waals surface area contributed by atoms with Gasteiger partial charge in [-0.15, -0.1) is 0 Å². The number of ether oxygens (including phenoxy) is 2. The van der Waals surface area contributed by atoms with Gasteiger partial charge in [-0.1, -0.05) is 41.4 Å². The van der Waals surface area contributed by atoms with E-state index in [1.54, 1.807) is 6.20 Å². The highest BCUT2D eigenvalue weighted by molar-refractivity contribution is 6.34. The highest BCUT2D eigenvalue weighted by Gasteiger charge is 2.48. The largest absolute Gasteiger partial charge is 0.490 e.